The fraction of sp³-hybridized carbons (Fsp3) is 0.786. The number of rotatable bonds is 4. The van der Waals surface area contributed by atoms with Crippen LogP contribution in [0.25, 0.3) is 0 Å². The molecule has 1 aliphatic heterocycles. The highest BCUT2D eigenvalue weighted by molar-refractivity contribution is 5.05. The lowest BCUT2D eigenvalue weighted by Gasteiger charge is -2.35. The Labute approximate surface area is 105 Å². The molecule has 3 heteroatoms. The summed E-state index contributed by atoms with van der Waals surface area (Å²) >= 11 is 0. The maximum atomic E-state index is 4.34. The topological polar surface area (TPSA) is 29.9 Å². The van der Waals surface area contributed by atoms with Gasteiger partial charge >= 0.3 is 0 Å². The predicted molar refractivity (Wildman–Crippen MR) is 71.1 cm³/mol. The van der Waals surface area contributed by atoms with Crippen molar-refractivity contribution in [2.75, 3.05) is 13.1 Å². The van der Waals surface area contributed by atoms with Gasteiger partial charge in [-0.2, -0.15) is 0 Å². The normalized spacial score (nSPS) is 21.4. The summed E-state index contributed by atoms with van der Waals surface area (Å²) < 4.78 is 2.37. The van der Waals surface area contributed by atoms with Crippen LogP contribution in [0.3, 0.4) is 0 Å². The molecular formula is C14H25N3. The van der Waals surface area contributed by atoms with E-state index < -0.39 is 0 Å². The Hall–Kier alpha value is -0.830. The van der Waals surface area contributed by atoms with Gasteiger partial charge in [-0.1, -0.05) is 20.8 Å². The van der Waals surface area contributed by atoms with Gasteiger partial charge in [-0.25, -0.2) is 4.98 Å². The predicted octanol–water partition coefficient (Wildman–Crippen LogP) is 2.79. The van der Waals surface area contributed by atoms with E-state index in [1.165, 1.54) is 25.0 Å². The van der Waals surface area contributed by atoms with Crippen LogP contribution in [0.15, 0.2) is 12.5 Å². The first-order valence-electron chi connectivity index (χ1n) is 6.85. The Bertz CT molecular complexity index is 350. The summed E-state index contributed by atoms with van der Waals surface area (Å²) in [7, 11) is 0. The van der Waals surface area contributed by atoms with E-state index in [9.17, 15) is 0 Å². The van der Waals surface area contributed by atoms with Crippen LogP contribution in [0, 0.1) is 5.41 Å². The van der Waals surface area contributed by atoms with Crippen LogP contribution in [0.5, 0.6) is 0 Å². The Morgan fingerprint density at radius 2 is 2.18 bits per heavy atom. The second kappa shape index (κ2) is 5.21. The van der Waals surface area contributed by atoms with Gasteiger partial charge < -0.3 is 9.88 Å². The van der Waals surface area contributed by atoms with E-state index in [1.807, 2.05) is 12.5 Å². The lowest BCUT2D eigenvalue weighted by atomic mass is 9.81. The zero-order valence-electron chi connectivity index (χ0n) is 11.4. The van der Waals surface area contributed by atoms with E-state index in [1.54, 1.807) is 0 Å². The van der Waals surface area contributed by atoms with E-state index in [0.717, 1.165) is 19.6 Å². The average molecular weight is 235 g/mol. The Morgan fingerprint density at radius 3 is 2.82 bits per heavy atom. The fourth-order valence-electron chi connectivity index (χ4n) is 2.68. The third-order valence-corrected chi connectivity index (χ3v) is 4.22. The Kier molecular flexibility index (Phi) is 3.87. The minimum atomic E-state index is 0.439. The third kappa shape index (κ3) is 2.89. The zero-order valence-corrected chi connectivity index (χ0v) is 11.4. The maximum absolute atomic E-state index is 4.34. The molecule has 1 aliphatic rings. The first kappa shape index (κ1) is 12.6. The molecule has 1 atom stereocenters. The highest BCUT2D eigenvalue weighted by Gasteiger charge is 2.28. The van der Waals surface area contributed by atoms with E-state index in [0.29, 0.717) is 11.3 Å². The number of aromatic nitrogens is 2. The summed E-state index contributed by atoms with van der Waals surface area (Å²) in [5.74, 6) is 0.614. The first-order valence-corrected chi connectivity index (χ1v) is 6.85. The number of imidazole rings is 1. The van der Waals surface area contributed by atoms with Crippen molar-refractivity contribution in [1.82, 2.24) is 14.9 Å². The molecular weight excluding hydrogens is 210 g/mol. The van der Waals surface area contributed by atoms with Gasteiger partial charge in [0.15, 0.2) is 0 Å². The molecule has 1 N–H and O–H groups in total. The SMILES string of the molecule is CCC(C)c1cncn1CC1(C)CCNCC1. The standard InChI is InChI=1S/C14H25N3/c1-4-12(2)13-9-16-11-17(13)10-14(3)5-7-15-8-6-14/h9,11-12,15H,4-8,10H2,1-3H3. The van der Waals surface area contributed by atoms with E-state index in [2.05, 4.69) is 35.6 Å². The van der Waals surface area contributed by atoms with Gasteiger partial charge in [0.05, 0.1) is 6.33 Å². The van der Waals surface area contributed by atoms with Crippen molar-refractivity contribution >= 4 is 0 Å². The summed E-state index contributed by atoms with van der Waals surface area (Å²) in [4.78, 5) is 4.34. The lowest BCUT2D eigenvalue weighted by Crippen LogP contribution is -2.37. The second-order valence-corrected chi connectivity index (χ2v) is 5.82. The molecule has 0 saturated carbocycles. The van der Waals surface area contributed by atoms with Crippen LogP contribution < -0.4 is 5.32 Å². The van der Waals surface area contributed by atoms with E-state index in [4.69, 9.17) is 0 Å². The monoisotopic (exact) mass is 235 g/mol. The van der Waals surface area contributed by atoms with Crippen LogP contribution in [0.2, 0.25) is 0 Å². The molecule has 2 heterocycles. The van der Waals surface area contributed by atoms with Crippen molar-refractivity contribution in [3.8, 4) is 0 Å². The zero-order chi connectivity index (χ0) is 12.3. The fourth-order valence-corrected chi connectivity index (χ4v) is 2.68. The number of nitrogens with zero attached hydrogens (tertiary/aromatic N) is 2. The molecule has 3 nitrogen and oxygen atoms in total. The summed E-state index contributed by atoms with van der Waals surface area (Å²) in [6.45, 7) is 10.4. The molecule has 1 saturated heterocycles. The highest BCUT2D eigenvalue weighted by atomic mass is 15.1. The van der Waals surface area contributed by atoms with Crippen molar-refractivity contribution in [1.29, 1.82) is 0 Å². The summed E-state index contributed by atoms with van der Waals surface area (Å²) in [5, 5.41) is 3.44. The molecule has 1 aromatic heterocycles. The molecule has 0 aromatic carbocycles. The van der Waals surface area contributed by atoms with Crippen molar-refractivity contribution < 1.29 is 0 Å². The quantitative estimate of drug-likeness (QED) is 0.869. The van der Waals surface area contributed by atoms with E-state index >= 15 is 0 Å². The molecule has 0 aliphatic carbocycles. The van der Waals surface area contributed by atoms with Gasteiger partial charge in [-0.3, -0.25) is 0 Å². The van der Waals surface area contributed by atoms with Crippen molar-refractivity contribution in [2.24, 2.45) is 5.41 Å². The molecule has 0 radical (unpaired) electrons. The van der Waals surface area contributed by atoms with Crippen LogP contribution in [0.1, 0.15) is 51.6 Å². The van der Waals surface area contributed by atoms with Gasteiger partial charge in [0.1, 0.15) is 0 Å². The van der Waals surface area contributed by atoms with Crippen LogP contribution in [-0.2, 0) is 6.54 Å². The molecule has 1 fully saturated rings. The average Bonchev–Trinajstić information content (AvgIpc) is 2.76. The number of nitrogens with one attached hydrogen (secondary N) is 1. The van der Waals surface area contributed by atoms with Crippen LogP contribution in [-0.4, -0.2) is 22.6 Å². The largest absolute Gasteiger partial charge is 0.334 e. The summed E-state index contributed by atoms with van der Waals surface area (Å²) in [6.07, 6.45) is 7.77. The first-order chi connectivity index (χ1) is 8.14. The minimum Gasteiger partial charge on any atom is -0.334 e. The number of hydrogen-bond donors (Lipinski definition) is 1. The van der Waals surface area contributed by atoms with Gasteiger partial charge in [-0.15, -0.1) is 0 Å². The summed E-state index contributed by atoms with van der Waals surface area (Å²) in [6, 6.07) is 0. The van der Waals surface area contributed by atoms with Gasteiger partial charge in [0.25, 0.3) is 0 Å². The van der Waals surface area contributed by atoms with Crippen molar-refractivity contribution in [3.05, 3.63) is 18.2 Å². The van der Waals surface area contributed by atoms with Gasteiger partial charge in [-0.05, 0) is 43.7 Å². The number of hydrogen-bond acceptors (Lipinski definition) is 2. The van der Waals surface area contributed by atoms with E-state index in [-0.39, 0.29) is 0 Å². The van der Waals surface area contributed by atoms with Gasteiger partial charge in [0.2, 0.25) is 0 Å². The molecule has 17 heavy (non-hydrogen) atoms. The van der Waals surface area contributed by atoms with Crippen molar-refractivity contribution in [3.63, 3.8) is 0 Å². The third-order valence-electron chi connectivity index (χ3n) is 4.22. The molecule has 96 valence electrons. The van der Waals surface area contributed by atoms with Crippen LogP contribution in [0.4, 0.5) is 0 Å². The molecule has 1 unspecified atom stereocenters. The molecule has 0 spiro atoms. The summed E-state index contributed by atoms with van der Waals surface area (Å²) in [5.41, 5.74) is 1.83. The van der Waals surface area contributed by atoms with Gasteiger partial charge in [0, 0.05) is 18.4 Å². The highest BCUT2D eigenvalue weighted by Crippen LogP contribution is 2.31. The minimum absolute atomic E-state index is 0.439. The Morgan fingerprint density at radius 1 is 1.47 bits per heavy atom. The number of piperidine rings is 1. The molecule has 0 amide bonds. The maximum Gasteiger partial charge on any atom is 0.0948 e. The molecule has 1 aromatic rings. The van der Waals surface area contributed by atoms with Crippen LogP contribution >= 0.6 is 0 Å². The smallest absolute Gasteiger partial charge is 0.0948 e. The van der Waals surface area contributed by atoms with Crippen molar-refractivity contribution in [2.45, 2.75) is 52.5 Å². The Balaban J connectivity index is 2.10. The second-order valence-electron chi connectivity index (χ2n) is 5.82. The lowest BCUT2D eigenvalue weighted by molar-refractivity contribution is 0.192. The molecule has 2 rings (SSSR count). The molecule has 0 bridgehead atoms.